The summed E-state index contributed by atoms with van der Waals surface area (Å²) in [5, 5.41) is 2.96. The summed E-state index contributed by atoms with van der Waals surface area (Å²) < 4.78 is 0. The van der Waals surface area contributed by atoms with Crippen LogP contribution >= 0.6 is 0 Å². The van der Waals surface area contributed by atoms with Gasteiger partial charge in [-0.3, -0.25) is 9.69 Å². The van der Waals surface area contributed by atoms with Crippen molar-refractivity contribution in [1.82, 2.24) is 10.2 Å². The Labute approximate surface area is 109 Å². The molecule has 97 valence electrons. The van der Waals surface area contributed by atoms with Crippen LogP contribution in [-0.2, 0) is 11.3 Å². The molecular weight excluding hydrogens is 224 g/mol. The summed E-state index contributed by atoms with van der Waals surface area (Å²) in [6.07, 6.45) is 2.42. The van der Waals surface area contributed by atoms with Crippen LogP contribution in [0.3, 0.4) is 0 Å². The maximum Gasteiger partial charge on any atom is 0.234 e. The number of hydrogen-bond acceptors (Lipinski definition) is 2. The molecule has 3 nitrogen and oxygen atoms in total. The number of likely N-dealkylation sites (tertiary alicyclic amines) is 1. The molecule has 3 heteroatoms. The van der Waals surface area contributed by atoms with Gasteiger partial charge in [-0.2, -0.15) is 0 Å². The summed E-state index contributed by atoms with van der Waals surface area (Å²) >= 11 is 0. The molecule has 0 aromatic heterocycles. The van der Waals surface area contributed by atoms with E-state index in [0.29, 0.717) is 13.1 Å². The summed E-state index contributed by atoms with van der Waals surface area (Å²) in [6.45, 7) is 5.52. The Morgan fingerprint density at radius 3 is 2.72 bits per heavy atom. The van der Waals surface area contributed by atoms with Crippen molar-refractivity contribution in [3.63, 3.8) is 0 Å². The van der Waals surface area contributed by atoms with Crippen LogP contribution in [0.25, 0.3) is 0 Å². The number of rotatable bonds is 4. The van der Waals surface area contributed by atoms with E-state index in [1.165, 1.54) is 12.8 Å². The quantitative estimate of drug-likeness (QED) is 0.878. The van der Waals surface area contributed by atoms with Gasteiger partial charge in [-0.25, -0.2) is 0 Å². The lowest BCUT2D eigenvalue weighted by Gasteiger charge is -2.29. The van der Waals surface area contributed by atoms with Crippen molar-refractivity contribution in [3.05, 3.63) is 35.9 Å². The maximum absolute atomic E-state index is 11.8. The van der Waals surface area contributed by atoms with E-state index in [-0.39, 0.29) is 5.91 Å². The van der Waals surface area contributed by atoms with E-state index in [4.69, 9.17) is 0 Å². The summed E-state index contributed by atoms with van der Waals surface area (Å²) in [7, 11) is 0. The van der Waals surface area contributed by atoms with Gasteiger partial charge in [-0.15, -0.1) is 0 Å². The third kappa shape index (κ3) is 4.15. The average molecular weight is 245 g/mol. The first kappa shape index (κ1) is 13.1. The highest BCUT2D eigenvalue weighted by Gasteiger charge is 2.17. The van der Waals surface area contributed by atoms with Crippen molar-refractivity contribution in [3.8, 4) is 0 Å². The summed E-state index contributed by atoms with van der Waals surface area (Å²) in [4.78, 5) is 14.0. The largest absolute Gasteiger partial charge is 0.351 e. The van der Waals surface area contributed by atoms with Gasteiger partial charge >= 0.3 is 0 Å². The van der Waals surface area contributed by atoms with Crippen LogP contribution in [0, 0.1) is 12.0 Å². The topological polar surface area (TPSA) is 32.3 Å². The van der Waals surface area contributed by atoms with Crippen LogP contribution < -0.4 is 5.32 Å². The molecule has 1 aromatic carbocycles. The van der Waals surface area contributed by atoms with Crippen LogP contribution in [0.4, 0.5) is 0 Å². The molecule has 0 bridgehead atoms. The summed E-state index contributed by atoms with van der Waals surface area (Å²) in [5.74, 6) is 0.933. The lowest BCUT2D eigenvalue weighted by atomic mass is 9.99. The first-order valence-electron chi connectivity index (χ1n) is 6.68. The summed E-state index contributed by atoms with van der Waals surface area (Å²) in [5.41, 5.74) is 1.12. The Kier molecular flexibility index (Phi) is 4.76. The molecule has 1 aromatic rings. The predicted octanol–water partition coefficient (Wildman–Crippen LogP) is 1.83. The van der Waals surface area contributed by atoms with Crippen LogP contribution in [0.5, 0.6) is 0 Å². The molecule has 1 heterocycles. The third-order valence-electron chi connectivity index (χ3n) is 3.52. The van der Waals surface area contributed by atoms with Gasteiger partial charge in [0.25, 0.3) is 0 Å². The normalized spacial score (nSPS) is 17.6. The van der Waals surface area contributed by atoms with Gasteiger partial charge in [-0.05, 0) is 43.5 Å². The van der Waals surface area contributed by atoms with Crippen LogP contribution in [0.1, 0.15) is 25.3 Å². The van der Waals surface area contributed by atoms with Gasteiger partial charge in [0.1, 0.15) is 0 Å². The fraction of sp³-hybridized carbons (Fsp3) is 0.533. The Bertz CT molecular complexity index is 369. The molecular formula is C15H21N2O. The van der Waals surface area contributed by atoms with Crippen molar-refractivity contribution >= 4 is 5.91 Å². The van der Waals surface area contributed by atoms with Crippen molar-refractivity contribution in [2.24, 2.45) is 5.92 Å². The van der Waals surface area contributed by atoms with Crippen molar-refractivity contribution in [2.75, 3.05) is 19.6 Å². The molecule has 1 aliphatic heterocycles. The summed E-state index contributed by atoms with van der Waals surface area (Å²) in [6, 6.07) is 10.7. The third-order valence-corrected chi connectivity index (χ3v) is 3.52. The van der Waals surface area contributed by atoms with Gasteiger partial charge in [0.05, 0.1) is 6.54 Å². The predicted molar refractivity (Wildman–Crippen MR) is 72.0 cm³/mol. The molecule has 2 rings (SSSR count). The number of carbonyl (C=O) groups is 1. The molecule has 18 heavy (non-hydrogen) atoms. The monoisotopic (exact) mass is 245 g/mol. The number of nitrogens with zero attached hydrogens (tertiary/aromatic N) is 1. The Morgan fingerprint density at radius 2 is 2.06 bits per heavy atom. The smallest absolute Gasteiger partial charge is 0.234 e. The van der Waals surface area contributed by atoms with E-state index >= 15 is 0 Å². The maximum atomic E-state index is 11.8. The molecule has 0 atom stereocenters. The van der Waals surface area contributed by atoms with E-state index in [1.807, 2.05) is 24.3 Å². The van der Waals surface area contributed by atoms with Crippen molar-refractivity contribution in [1.29, 1.82) is 0 Å². The minimum absolute atomic E-state index is 0.123. The van der Waals surface area contributed by atoms with E-state index < -0.39 is 0 Å². The van der Waals surface area contributed by atoms with Crippen LogP contribution in [-0.4, -0.2) is 30.4 Å². The zero-order valence-electron chi connectivity index (χ0n) is 11.0. The molecule has 1 saturated heterocycles. The van der Waals surface area contributed by atoms with Crippen LogP contribution in [0.15, 0.2) is 24.3 Å². The van der Waals surface area contributed by atoms with Gasteiger partial charge < -0.3 is 5.32 Å². The number of carbonyl (C=O) groups excluding carboxylic acids is 1. The minimum atomic E-state index is 0.123. The zero-order valence-corrected chi connectivity index (χ0v) is 11.0. The van der Waals surface area contributed by atoms with E-state index in [0.717, 1.165) is 24.6 Å². The highest BCUT2D eigenvalue weighted by Crippen LogP contribution is 2.15. The van der Waals surface area contributed by atoms with Crippen molar-refractivity contribution in [2.45, 2.75) is 26.3 Å². The molecule has 0 saturated carbocycles. The van der Waals surface area contributed by atoms with E-state index in [2.05, 4.69) is 23.2 Å². The second-order valence-corrected chi connectivity index (χ2v) is 5.14. The lowest BCUT2D eigenvalue weighted by molar-refractivity contribution is -0.122. The fourth-order valence-corrected chi connectivity index (χ4v) is 2.22. The van der Waals surface area contributed by atoms with Gasteiger partial charge in [-0.1, -0.05) is 31.2 Å². The molecule has 0 aliphatic carbocycles. The number of nitrogens with one attached hydrogen (secondary N) is 1. The highest BCUT2D eigenvalue weighted by atomic mass is 16.2. The zero-order chi connectivity index (χ0) is 12.8. The molecule has 0 spiro atoms. The van der Waals surface area contributed by atoms with Crippen molar-refractivity contribution < 1.29 is 4.79 Å². The Morgan fingerprint density at radius 1 is 1.39 bits per heavy atom. The number of amides is 1. The lowest BCUT2D eigenvalue weighted by Crippen LogP contribution is -2.41. The van der Waals surface area contributed by atoms with E-state index in [9.17, 15) is 4.79 Å². The molecule has 1 aliphatic rings. The number of hydrogen-bond donors (Lipinski definition) is 1. The van der Waals surface area contributed by atoms with Gasteiger partial charge in [0, 0.05) is 6.54 Å². The Hall–Kier alpha value is -1.35. The fourth-order valence-electron chi connectivity index (χ4n) is 2.22. The molecule has 1 fully saturated rings. The number of piperidine rings is 1. The first-order chi connectivity index (χ1) is 8.74. The van der Waals surface area contributed by atoms with E-state index in [1.54, 1.807) is 0 Å². The van der Waals surface area contributed by atoms with Gasteiger partial charge in [0.2, 0.25) is 5.91 Å². The number of benzene rings is 1. The second kappa shape index (κ2) is 6.55. The molecule has 0 unspecified atom stereocenters. The molecule has 1 radical (unpaired) electrons. The minimum Gasteiger partial charge on any atom is -0.351 e. The van der Waals surface area contributed by atoms with Gasteiger partial charge in [0.15, 0.2) is 0 Å². The average Bonchev–Trinajstić information content (AvgIpc) is 2.40. The standard InChI is InChI=1S/C15H21N2O/c1-13-7-9-17(10-8-13)12-15(18)16-11-14-5-3-2-4-6-14/h3-6,13H,7-12H2,1H3,(H,16,18). The Balaban J connectivity index is 1.69. The first-order valence-corrected chi connectivity index (χ1v) is 6.68. The molecule has 1 N–H and O–H groups in total. The molecule has 1 amide bonds. The van der Waals surface area contributed by atoms with Crippen LogP contribution in [0.2, 0.25) is 0 Å². The second-order valence-electron chi connectivity index (χ2n) is 5.14. The SMILES string of the molecule is CC1CCN(CC(=O)NCc2cc[c]cc2)CC1. The highest BCUT2D eigenvalue weighted by molar-refractivity contribution is 5.78.